The summed E-state index contributed by atoms with van der Waals surface area (Å²) < 4.78 is 1.96. The zero-order valence-electron chi connectivity index (χ0n) is 17.2. The number of hydrogen-bond donors (Lipinski definition) is 2. The van der Waals surface area contributed by atoms with Crippen molar-refractivity contribution < 1.29 is 5.11 Å². The van der Waals surface area contributed by atoms with Gasteiger partial charge < -0.3 is 15.3 Å². The third-order valence-corrected chi connectivity index (χ3v) is 7.39. The minimum atomic E-state index is -1.30. The summed E-state index contributed by atoms with van der Waals surface area (Å²) in [6, 6.07) is 3.90. The van der Waals surface area contributed by atoms with E-state index in [1.54, 1.807) is 13.1 Å². The standard InChI is InChI=1S/C22H23N7OS/c1-21(30,19-23-7-10-31-19)5-3-16-11-18-28(8-2-9-29(18)27-16)17-4-6-24-20(25-17)26-22-12-15(13-22)14-22/h4,6-7,10-11,15,30H,2,8-9,12-14H2,1H3,(H,24,25,26). The number of thiazole rings is 1. The summed E-state index contributed by atoms with van der Waals surface area (Å²) in [5, 5.41) is 21.2. The molecule has 2 bridgehead atoms. The van der Waals surface area contributed by atoms with Gasteiger partial charge >= 0.3 is 0 Å². The van der Waals surface area contributed by atoms with Crippen LogP contribution in [0, 0.1) is 17.8 Å². The molecule has 3 aliphatic carbocycles. The summed E-state index contributed by atoms with van der Waals surface area (Å²) in [5.41, 5.74) is -0.434. The highest BCUT2D eigenvalue weighted by atomic mass is 32.1. The van der Waals surface area contributed by atoms with Crippen molar-refractivity contribution in [1.29, 1.82) is 0 Å². The molecule has 9 heteroatoms. The largest absolute Gasteiger partial charge is 0.371 e. The molecule has 3 aromatic rings. The highest BCUT2D eigenvalue weighted by Gasteiger charge is 2.57. The molecule has 2 N–H and O–H groups in total. The van der Waals surface area contributed by atoms with Crippen LogP contribution in [0.2, 0.25) is 0 Å². The lowest BCUT2D eigenvalue weighted by molar-refractivity contribution is 0.00147. The maximum Gasteiger partial charge on any atom is 0.225 e. The van der Waals surface area contributed by atoms with Gasteiger partial charge in [-0.2, -0.15) is 10.1 Å². The lowest BCUT2D eigenvalue weighted by Gasteiger charge is -2.61. The molecule has 31 heavy (non-hydrogen) atoms. The van der Waals surface area contributed by atoms with Gasteiger partial charge in [0.15, 0.2) is 5.60 Å². The summed E-state index contributed by atoms with van der Waals surface area (Å²) in [7, 11) is 0. The van der Waals surface area contributed by atoms with Crippen LogP contribution in [-0.4, -0.2) is 41.9 Å². The maximum atomic E-state index is 10.6. The minimum absolute atomic E-state index is 0.240. The number of nitrogens with one attached hydrogen (secondary N) is 1. The van der Waals surface area contributed by atoms with E-state index < -0.39 is 5.60 Å². The van der Waals surface area contributed by atoms with Crippen LogP contribution in [0.4, 0.5) is 17.6 Å². The fourth-order valence-corrected chi connectivity index (χ4v) is 5.36. The number of nitrogens with zero attached hydrogens (tertiary/aromatic N) is 6. The summed E-state index contributed by atoms with van der Waals surface area (Å²) in [6.45, 7) is 3.35. The topological polar surface area (TPSA) is 92.0 Å². The molecular formula is C22H23N7OS. The summed E-state index contributed by atoms with van der Waals surface area (Å²) in [6.07, 6.45) is 8.17. The smallest absolute Gasteiger partial charge is 0.225 e. The maximum absolute atomic E-state index is 10.6. The van der Waals surface area contributed by atoms with Gasteiger partial charge in [0.25, 0.3) is 0 Å². The van der Waals surface area contributed by atoms with Gasteiger partial charge in [0, 0.05) is 42.5 Å². The SMILES string of the molecule is CC(O)(C#Cc1cc2n(n1)CCCN2c1ccnc(NC23CC(C2)C3)n1)c1nccs1. The molecule has 0 saturated heterocycles. The molecule has 8 nitrogen and oxygen atoms in total. The Bertz CT molecular complexity index is 1170. The van der Waals surface area contributed by atoms with E-state index >= 15 is 0 Å². The fourth-order valence-electron chi connectivity index (χ4n) is 4.71. The van der Waals surface area contributed by atoms with Crippen molar-refractivity contribution in [1.82, 2.24) is 24.7 Å². The number of anilines is 3. The molecule has 3 saturated carbocycles. The van der Waals surface area contributed by atoms with Gasteiger partial charge in [-0.25, -0.2) is 14.6 Å². The van der Waals surface area contributed by atoms with Crippen LogP contribution in [0.1, 0.15) is 43.3 Å². The first-order chi connectivity index (χ1) is 15.0. The fraction of sp³-hybridized carbons (Fsp3) is 0.455. The monoisotopic (exact) mass is 433 g/mol. The number of aryl methyl sites for hydroxylation is 1. The molecule has 7 rings (SSSR count). The Balaban J connectivity index is 1.26. The Morgan fingerprint density at radius 3 is 2.87 bits per heavy atom. The van der Waals surface area contributed by atoms with Crippen LogP contribution in [-0.2, 0) is 12.1 Å². The third kappa shape index (κ3) is 3.27. The Kier molecular flexibility index (Phi) is 4.10. The number of aromatic nitrogens is 5. The quantitative estimate of drug-likeness (QED) is 0.611. The zero-order valence-corrected chi connectivity index (χ0v) is 18.1. The molecule has 0 aromatic carbocycles. The minimum Gasteiger partial charge on any atom is -0.371 e. The van der Waals surface area contributed by atoms with Crippen LogP contribution in [0.5, 0.6) is 0 Å². The Labute approximate surface area is 184 Å². The molecule has 0 radical (unpaired) electrons. The van der Waals surface area contributed by atoms with Crippen LogP contribution in [0.15, 0.2) is 29.9 Å². The highest BCUT2D eigenvalue weighted by Crippen LogP contribution is 2.58. The Hall–Kier alpha value is -2.96. The Morgan fingerprint density at radius 2 is 2.13 bits per heavy atom. The number of hydrogen-bond acceptors (Lipinski definition) is 8. The van der Waals surface area contributed by atoms with Crippen LogP contribution >= 0.6 is 11.3 Å². The van der Waals surface area contributed by atoms with Crippen LogP contribution < -0.4 is 10.2 Å². The predicted molar refractivity (Wildman–Crippen MR) is 118 cm³/mol. The molecule has 1 unspecified atom stereocenters. The molecule has 1 aliphatic heterocycles. The molecule has 4 heterocycles. The van der Waals surface area contributed by atoms with Gasteiger partial charge in [-0.05, 0) is 50.5 Å². The molecule has 4 aliphatic rings. The second-order valence-corrected chi connectivity index (χ2v) is 9.79. The molecule has 0 amide bonds. The lowest BCUT2D eigenvalue weighted by atomic mass is 9.50. The highest BCUT2D eigenvalue weighted by molar-refractivity contribution is 7.09. The molecular weight excluding hydrogens is 410 g/mol. The van der Waals surface area contributed by atoms with Gasteiger partial charge in [0.05, 0.1) is 0 Å². The summed E-state index contributed by atoms with van der Waals surface area (Å²) in [5.74, 6) is 9.37. The summed E-state index contributed by atoms with van der Waals surface area (Å²) in [4.78, 5) is 15.6. The lowest BCUT2D eigenvalue weighted by Crippen LogP contribution is -2.63. The number of fused-ring (bicyclic) bond motifs is 1. The van der Waals surface area contributed by atoms with Crippen LogP contribution in [0.25, 0.3) is 0 Å². The van der Waals surface area contributed by atoms with Crippen molar-refractivity contribution in [2.24, 2.45) is 5.92 Å². The van der Waals surface area contributed by atoms with Crippen molar-refractivity contribution in [2.75, 3.05) is 16.8 Å². The van der Waals surface area contributed by atoms with Crippen molar-refractivity contribution in [2.45, 2.75) is 50.3 Å². The van der Waals surface area contributed by atoms with E-state index in [1.165, 1.54) is 30.6 Å². The van der Waals surface area contributed by atoms with E-state index in [0.717, 1.165) is 37.1 Å². The van der Waals surface area contributed by atoms with Crippen LogP contribution in [0.3, 0.4) is 0 Å². The van der Waals surface area contributed by atoms with Crippen molar-refractivity contribution in [3.63, 3.8) is 0 Å². The van der Waals surface area contributed by atoms with Gasteiger partial charge in [0.1, 0.15) is 22.3 Å². The predicted octanol–water partition coefficient (Wildman–Crippen LogP) is 2.90. The molecule has 1 atom stereocenters. The van der Waals surface area contributed by atoms with E-state index in [1.807, 2.05) is 28.4 Å². The van der Waals surface area contributed by atoms with Gasteiger partial charge in [0.2, 0.25) is 5.95 Å². The average Bonchev–Trinajstić information content (AvgIpc) is 3.38. The van der Waals surface area contributed by atoms with E-state index in [4.69, 9.17) is 4.98 Å². The van der Waals surface area contributed by atoms with Gasteiger partial charge in [-0.1, -0.05) is 5.92 Å². The molecule has 3 fully saturated rings. The van der Waals surface area contributed by atoms with E-state index in [2.05, 4.69) is 37.1 Å². The molecule has 3 aromatic heterocycles. The third-order valence-electron chi connectivity index (χ3n) is 6.40. The number of aliphatic hydroxyl groups is 1. The summed E-state index contributed by atoms with van der Waals surface area (Å²) >= 11 is 1.39. The second-order valence-electron chi connectivity index (χ2n) is 8.90. The average molecular weight is 434 g/mol. The zero-order chi connectivity index (χ0) is 21.1. The first-order valence-electron chi connectivity index (χ1n) is 10.6. The first-order valence-corrected chi connectivity index (χ1v) is 11.5. The van der Waals surface area contributed by atoms with Crippen molar-refractivity contribution in [3.8, 4) is 11.8 Å². The normalized spacial score (nSPS) is 25.4. The van der Waals surface area contributed by atoms with E-state index in [-0.39, 0.29) is 5.54 Å². The molecule has 158 valence electrons. The van der Waals surface area contributed by atoms with Crippen molar-refractivity contribution in [3.05, 3.63) is 40.6 Å². The second kappa shape index (κ2) is 6.77. The first kappa shape index (κ1) is 18.8. The van der Waals surface area contributed by atoms with Crippen molar-refractivity contribution >= 4 is 28.9 Å². The van der Waals surface area contributed by atoms with E-state index in [9.17, 15) is 5.11 Å². The van der Waals surface area contributed by atoms with E-state index in [0.29, 0.717) is 16.6 Å². The Morgan fingerprint density at radius 1 is 1.26 bits per heavy atom. The molecule has 0 spiro atoms. The number of rotatable bonds is 4. The van der Waals surface area contributed by atoms with Gasteiger partial charge in [-0.3, -0.25) is 0 Å². The van der Waals surface area contributed by atoms with Gasteiger partial charge in [-0.15, -0.1) is 11.3 Å².